The van der Waals surface area contributed by atoms with Crippen molar-refractivity contribution >= 4 is 17.6 Å². The van der Waals surface area contributed by atoms with E-state index >= 15 is 0 Å². The molecule has 1 aromatic heterocycles. The quantitative estimate of drug-likeness (QED) is 0.783. The maximum absolute atomic E-state index is 13.1. The first kappa shape index (κ1) is 20.3. The zero-order valence-corrected chi connectivity index (χ0v) is 17.6. The van der Waals surface area contributed by atoms with Crippen LogP contribution in [0.25, 0.3) is 0 Å². The monoisotopic (exact) mass is 409 g/mol. The number of hydrogen-bond donors (Lipinski definition) is 1. The third kappa shape index (κ3) is 3.76. The number of hydrogen-bond acceptors (Lipinski definition) is 5. The molecule has 4 rings (SSSR count). The van der Waals surface area contributed by atoms with E-state index in [1.165, 1.54) is 6.07 Å². The maximum atomic E-state index is 13.1. The highest BCUT2D eigenvalue weighted by molar-refractivity contribution is 5.95. The van der Waals surface area contributed by atoms with Crippen LogP contribution in [0.2, 0.25) is 0 Å². The average Bonchev–Trinajstić information content (AvgIpc) is 3.28. The fraction of sp³-hybridized carbons (Fsp3) is 0.478. The fourth-order valence-corrected chi connectivity index (χ4v) is 4.61. The predicted molar refractivity (Wildman–Crippen MR) is 113 cm³/mol. The second-order valence-electron chi connectivity index (χ2n) is 9.25. The average molecular weight is 409 g/mol. The van der Waals surface area contributed by atoms with E-state index < -0.39 is 17.6 Å². The van der Waals surface area contributed by atoms with Gasteiger partial charge in [-0.2, -0.15) is 0 Å². The molecule has 2 heterocycles. The van der Waals surface area contributed by atoms with E-state index in [0.29, 0.717) is 17.7 Å². The topological polar surface area (TPSA) is 90.3 Å². The van der Waals surface area contributed by atoms with E-state index in [0.717, 1.165) is 31.5 Å². The van der Waals surface area contributed by atoms with Crippen molar-refractivity contribution in [2.75, 3.05) is 5.32 Å². The van der Waals surface area contributed by atoms with E-state index in [4.69, 9.17) is 4.74 Å². The van der Waals surface area contributed by atoms with Crippen LogP contribution in [0.5, 0.6) is 0 Å². The Morgan fingerprint density at radius 2 is 1.80 bits per heavy atom. The van der Waals surface area contributed by atoms with Crippen LogP contribution in [-0.2, 0) is 14.9 Å². The fourth-order valence-electron chi connectivity index (χ4n) is 4.61. The molecule has 7 heteroatoms. The first-order valence-electron chi connectivity index (χ1n) is 10.4. The van der Waals surface area contributed by atoms with Gasteiger partial charge >= 0.3 is 5.97 Å². The molecule has 2 aromatic rings. The molecule has 0 bridgehead atoms. The molecule has 1 atom stereocenters. The first-order chi connectivity index (χ1) is 14.2. The highest BCUT2D eigenvalue weighted by Gasteiger charge is 2.49. The second kappa shape index (κ2) is 7.38. The Morgan fingerprint density at radius 1 is 1.13 bits per heavy atom. The van der Waals surface area contributed by atoms with Crippen molar-refractivity contribution in [3.8, 4) is 0 Å². The van der Waals surface area contributed by atoms with Crippen molar-refractivity contribution in [3.63, 3.8) is 0 Å². The molecule has 0 saturated heterocycles. The van der Waals surface area contributed by atoms with Crippen molar-refractivity contribution < 1.29 is 14.3 Å². The zero-order valence-electron chi connectivity index (χ0n) is 17.6. The highest BCUT2D eigenvalue weighted by Crippen LogP contribution is 2.50. The number of amides is 1. The lowest BCUT2D eigenvalue weighted by Gasteiger charge is -2.21. The number of anilines is 1. The van der Waals surface area contributed by atoms with Crippen molar-refractivity contribution in [1.29, 1.82) is 0 Å². The first-order valence-corrected chi connectivity index (χ1v) is 10.4. The Labute approximate surface area is 175 Å². The van der Waals surface area contributed by atoms with Gasteiger partial charge in [0.05, 0.1) is 5.56 Å². The van der Waals surface area contributed by atoms with E-state index in [2.05, 4.69) is 10.3 Å². The van der Waals surface area contributed by atoms with Crippen molar-refractivity contribution in [1.82, 2.24) is 9.55 Å². The highest BCUT2D eigenvalue weighted by atomic mass is 16.6. The molecule has 1 aliphatic carbocycles. The van der Waals surface area contributed by atoms with E-state index in [1.54, 1.807) is 35.0 Å². The molecule has 1 spiro atoms. The van der Waals surface area contributed by atoms with Crippen molar-refractivity contribution in [2.45, 2.75) is 69.9 Å². The van der Waals surface area contributed by atoms with Crippen LogP contribution < -0.4 is 10.9 Å². The number of nitrogens with one attached hydrogen (secondary N) is 1. The third-order valence-electron chi connectivity index (χ3n) is 5.90. The van der Waals surface area contributed by atoms with Crippen LogP contribution >= 0.6 is 0 Å². The molecule has 2 aliphatic rings. The molecule has 0 unspecified atom stereocenters. The molecular formula is C23H27N3O4. The molecule has 1 saturated carbocycles. The van der Waals surface area contributed by atoms with Gasteiger partial charge in [-0.25, -0.2) is 9.78 Å². The molecule has 1 N–H and O–H groups in total. The van der Waals surface area contributed by atoms with Crippen molar-refractivity contribution in [2.24, 2.45) is 0 Å². The van der Waals surface area contributed by atoms with Gasteiger partial charge in [-0.05, 0) is 64.3 Å². The van der Waals surface area contributed by atoms with Gasteiger partial charge < -0.3 is 10.1 Å². The van der Waals surface area contributed by atoms with Gasteiger partial charge in [0, 0.05) is 23.4 Å². The number of rotatable bonds is 3. The van der Waals surface area contributed by atoms with Gasteiger partial charge in [-0.1, -0.05) is 12.8 Å². The molecule has 1 fully saturated rings. The lowest BCUT2D eigenvalue weighted by molar-refractivity contribution is -0.119. The van der Waals surface area contributed by atoms with Crippen LogP contribution in [0, 0.1) is 0 Å². The number of aromatic nitrogens is 2. The normalized spacial score (nSPS) is 19.5. The van der Waals surface area contributed by atoms with E-state index in [-0.39, 0.29) is 16.9 Å². The summed E-state index contributed by atoms with van der Waals surface area (Å²) in [6.45, 7) is 5.44. The lowest BCUT2D eigenvalue weighted by Crippen LogP contribution is -2.31. The Hall–Kier alpha value is -2.96. The van der Waals surface area contributed by atoms with Gasteiger partial charge in [-0.3, -0.25) is 14.2 Å². The molecule has 0 radical (unpaired) electrons. The Kier molecular flexibility index (Phi) is 5.00. The van der Waals surface area contributed by atoms with Gasteiger partial charge in [0.15, 0.2) is 0 Å². The summed E-state index contributed by atoms with van der Waals surface area (Å²) < 4.78 is 6.93. The van der Waals surface area contributed by atoms with Crippen LogP contribution in [0.1, 0.15) is 75.1 Å². The number of carbonyl (C=O) groups excluding carboxylic acids is 2. The van der Waals surface area contributed by atoms with Gasteiger partial charge in [-0.15, -0.1) is 0 Å². The summed E-state index contributed by atoms with van der Waals surface area (Å²) in [5.74, 6) is 0.0963. The summed E-state index contributed by atoms with van der Waals surface area (Å²) in [5.41, 5.74) is 0.0437. The molecule has 1 aromatic carbocycles. The molecule has 7 nitrogen and oxygen atoms in total. The van der Waals surface area contributed by atoms with Crippen LogP contribution in [0.4, 0.5) is 5.69 Å². The van der Waals surface area contributed by atoms with Gasteiger partial charge in [0.2, 0.25) is 5.91 Å². The third-order valence-corrected chi connectivity index (χ3v) is 5.90. The number of esters is 1. The van der Waals surface area contributed by atoms with E-state index in [9.17, 15) is 14.4 Å². The molecule has 1 amide bonds. The SMILES string of the molecule is CC(C)(C)OC(=O)c1ccc(NC(=O)[C@@H]2CC3(CCCC3)c3nccc(=O)n32)cc1. The number of fused-ring (bicyclic) bond motifs is 2. The number of benzene rings is 1. The smallest absolute Gasteiger partial charge is 0.338 e. The summed E-state index contributed by atoms with van der Waals surface area (Å²) in [5, 5.41) is 2.89. The van der Waals surface area contributed by atoms with Crippen molar-refractivity contribution in [3.05, 3.63) is 58.3 Å². The summed E-state index contributed by atoms with van der Waals surface area (Å²) in [6, 6.07) is 7.42. The van der Waals surface area contributed by atoms with E-state index in [1.807, 2.05) is 20.8 Å². The number of carbonyl (C=O) groups is 2. The molecule has 1 aliphatic heterocycles. The maximum Gasteiger partial charge on any atom is 0.338 e. The minimum atomic E-state index is -0.579. The Bertz CT molecular complexity index is 1030. The largest absolute Gasteiger partial charge is 0.456 e. The standard InChI is InChI=1S/C23H27N3O4/c1-22(2,3)30-20(29)15-6-8-16(9-7-15)25-19(28)17-14-23(11-4-5-12-23)21-24-13-10-18(27)26(17)21/h6-10,13,17H,4-5,11-12,14H2,1-3H3,(H,25,28)/t17-/m0/s1. The predicted octanol–water partition coefficient (Wildman–Crippen LogP) is 3.59. The summed E-state index contributed by atoms with van der Waals surface area (Å²) in [7, 11) is 0. The second-order valence-corrected chi connectivity index (χ2v) is 9.25. The van der Waals surface area contributed by atoms with Crippen LogP contribution in [-0.4, -0.2) is 27.0 Å². The Morgan fingerprint density at radius 3 is 2.43 bits per heavy atom. The minimum absolute atomic E-state index is 0.178. The molecule has 30 heavy (non-hydrogen) atoms. The van der Waals surface area contributed by atoms with Crippen LogP contribution in [0.15, 0.2) is 41.3 Å². The molecule has 158 valence electrons. The number of nitrogens with zero attached hydrogens (tertiary/aromatic N) is 2. The lowest BCUT2D eigenvalue weighted by atomic mass is 9.82. The van der Waals surface area contributed by atoms with Crippen LogP contribution in [0.3, 0.4) is 0 Å². The minimum Gasteiger partial charge on any atom is -0.456 e. The van der Waals surface area contributed by atoms with Gasteiger partial charge in [0.1, 0.15) is 17.5 Å². The summed E-state index contributed by atoms with van der Waals surface area (Å²) in [4.78, 5) is 42.3. The van der Waals surface area contributed by atoms with Gasteiger partial charge in [0.25, 0.3) is 5.56 Å². The summed E-state index contributed by atoms with van der Waals surface area (Å²) >= 11 is 0. The number of ether oxygens (including phenoxy) is 1. The Balaban J connectivity index is 1.52. The summed E-state index contributed by atoms with van der Waals surface area (Å²) in [6.07, 6.45) is 6.23. The molecular weight excluding hydrogens is 382 g/mol. The zero-order chi connectivity index (χ0) is 21.5.